The third kappa shape index (κ3) is 2.80. The molecule has 4 nitrogen and oxygen atoms in total. The van der Waals surface area contributed by atoms with Crippen LogP contribution in [-0.4, -0.2) is 20.6 Å². The van der Waals surface area contributed by atoms with Crippen molar-refractivity contribution in [3.8, 4) is 0 Å². The van der Waals surface area contributed by atoms with Crippen molar-refractivity contribution in [3.63, 3.8) is 0 Å². The monoisotopic (exact) mass is 288 g/mol. The minimum absolute atomic E-state index is 0.238. The largest absolute Gasteiger partial charge is 0.478 e. The molecule has 0 fully saturated rings. The van der Waals surface area contributed by atoms with E-state index >= 15 is 0 Å². The van der Waals surface area contributed by atoms with Crippen LogP contribution in [0.25, 0.3) is 11.0 Å². The van der Waals surface area contributed by atoms with Gasteiger partial charge in [0.05, 0.1) is 16.6 Å². The maximum Gasteiger partial charge on any atom is 0.337 e. The molecule has 0 saturated heterocycles. The second kappa shape index (κ2) is 6.29. The fourth-order valence-electron chi connectivity index (χ4n) is 2.80. The lowest BCUT2D eigenvalue weighted by molar-refractivity contribution is 0.0698. The highest BCUT2D eigenvalue weighted by molar-refractivity contribution is 6.01. The van der Waals surface area contributed by atoms with Gasteiger partial charge in [0.25, 0.3) is 0 Å². The van der Waals surface area contributed by atoms with Gasteiger partial charge < -0.3 is 9.67 Å². The number of para-hydroxylation sites is 1. The van der Waals surface area contributed by atoms with Gasteiger partial charge in [-0.05, 0) is 31.4 Å². The van der Waals surface area contributed by atoms with E-state index in [0.717, 1.165) is 36.1 Å². The van der Waals surface area contributed by atoms with Crippen LogP contribution in [0, 0.1) is 5.92 Å². The summed E-state index contributed by atoms with van der Waals surface area (Å²) < 4.78 is 2.15. The van der Waals surface area contributed by atoms with Crippen LogP contribution in [0.1, 0.15) is 62.8 Å². The first kappa shape index (κ1) is 15.5. The summed E-state index contributed by atoms with van der Waals surface area (Å²) in [4.78, 5) is 16.2. The second-order valence-corrected chi connectivity index (χ2v) is 5.75. The number of carboxylic acids is 1. The van der Waals surface area contributed by atoms with Crippen molar-refractivity contribution in [2.75, 3.05) is 0 Å². The first-order valence-corrected chi connectivity index (χ1v) is 7.74. The Morgan fingerprint density at radius 2 is 2.05 bits per heavy atom. The lowest BCUT2D eigenvalue weighted by atomic mass is 9.99. The average molecular weight is 288 g/mol. The molecule has 0 radical (unpaired) electrons. The summed E-state index contributed by atoms with van der Waals surface area (Å²) in [6, 6.07) is 5.58. The molecule has 4 heteroatoms. The van der Waals surface area contributed by atoms with Crippen LogP contribution in [0.5, 0.6) is 0 Å². The molecule has 1 heterocycles. The van der Waals surface area contributed by atoms with Crippen molar-refractivity contribution < 1.29 is 9.90 Å². The van der Waals surface area contributed by atoms with Gasteiger partial charge >= 0.3 is 5.97 Å². The quantitative estimate of drug-likeness (QED) is 0.862. The lowest BCUT2D eigenvalue weighted by Crippen LogP contribution is -2.17. The van der Waals surface area contributed by atoms with E-state index in [2.05, 4.69) is 37.2 Å². The van der Waals surface area contributed by atoms with Crippen molar-refractivity contribution in [1.29, 1.82) is 0 Å². The molecule has 0 amide bonds. The number of rotatable bonds is 6. The predicted molar refractivity (Wildman–Crippen MR) is 84.9 cm³/mol. The van der Waals surface area contributed by atoms with Crippen LogP contribution in [0.2, 0.25) is 0 Å². The van der Waals surface area contributed by atoms with Crippen LogP contribution in [0.15, 0.2) is 18.2 Å². The standard InChI is InChI=1S/C17H24N2O2/c1-5-8-15-18-14-10-7-9-13(17(20)21)16(14)19(15)12(4)11(3)6-2/h7,9-12H,5-6,8H2,1-4H3,(H,20,21). The molecule has 2 aromatic rings. The van der Waals surface area contributed by atoms with Gasteiger partial charge in [0.1, 0.15) is 5.82 Å². The summed E-state index contributed by atoms with van der Waals surface area (Å²) in [5.74, 6) is 0.579. The highest BCUT2D eigenvalue weighted by Gasteiger charge is 2.22. The molecule has 1 aromatic carbocycles. The molecule has 114 valence electrons. The van der Waals surface area contributed by atoms with Crippen molar-refractivity contribution in [3.05, 3.63) is 29.6 Å². The molecule has 2 unspecified atom stereocenters. The van der Waals surface area contributed by atoms with Gasteiger partial charge in [-0.15, -0.1) is 0 Å². The Hall–Kier alpha value is -1.84. The minimum Gasteiger partial charge on any atom is -0.478 e. The first-order valence-electron chi connectivity index (χ1n) is 7.74. The summed E-state index contributed by atoms with van der Waals surface area (Å²) in [6.45, 7) is 8.65. The van der Waals surface area contributed by atoms with Crippen LogP contribution in [-0.2, 0) is 6.42 Å². The number of aromatic carboxylic acids is 1. The second-order valence-electron chi connectivity index (χ2n) is 5.75. The third-order valence-corrected chi connectivity index (χ3v) is 4.36. The predicted octanol–water partition coefficient (Wildman–Crippen LogP) is 4.29. The highest BCUT2D eigenvalue weighted by atomic mass is 16.4. The molecular weight excluding hydrogens is 264 g/mol. The average Bonchev–Trinajstić information content (AvgIpc) is 2.83. The maximum atomic E-state index is 11.6. The third-order valence-electron chi connectivity index (χ3n) is 4.36. The molecular formula is C17H24N2O2. The first-order chi connectivity index (χ1) is 10.0. The molecule has 0 aliphatic carbocycles. The Kier molecular flexibility index (Phi) is 4.66. The van der Waals surface area contributed by atoms with Crippen molar-refractivity contribution in [2.24, 2.45) is 5.92 Å². The number of benzene rings is 1. The number of aryl methyl sites for hydroxylation is 1. The SMILES string of the molecule is CCCc1nc2cccc(C(=O)O)c2n1C(C)C(C)CC. The van der Waals surface area contributed by atoms with Crippen LogP contribution in [0.3, 0.4) is 0 Å². The van der Waals surface area contributed by atoms with Crippen LogP contribution >= 0.6 is 0 Å². The smallest absolute Gasteiger partial charge is 0.337 e. The summed E-state index contributed by atoms with van der Waals surface area (Å²) in [5.41, 5.74) is 1.90. The Balaban J connectivity index is 2.73. The van der Waals surface area contributed by atoms with Crippen molar-refractivity contribution in [2.45, 2.75) is 53.0 Å². The normalized spacial score (nSPS) is 14.3. The van der Waals surface area contributed by atoms with E-state index in [4.69, 9.17) is 0 Å². The van der Waals surface area contributed by atoms with E-state index in [9.17, 15) is 9.90 Å². The van der Waals surface area contributed by atoms with Gasteiger partial charge in [0, 0.05) is 12.5 Å². The highest BCUT2D eigenvalue weighted by Crippen LogP contribution is 2.30. The van der Waals surface area contributed by atoms with E-state index in [0.29, 0.717) is 11.5 Å². The maximum absolute atomic E-state index is 11.6. The van der Waals surface area contributed by atoms with Gasteiger partial charge in [-0.3, -0.25) is 0 Å². The van der Waals surface area contributed by atoms with Gasteiger partial charge in [-0.1, -0.05) is 33.3 Å². The number of hydrogen-bond donors (Lipinski definition) is 1. The molecule has 2 rings (SSSR count). The Bertz CT molecular complexity index is 646. The molecule has 0 aliphatic heterocycles. The van der Waals surface area contributed by atoms with Gasteiger partial charge in [0.2, 0.25) is 0 Å². The van der Waals surface area contributed by atoms with Crippen molar-refractivity contribution in [1.82, 2.24) is 9.55 Å². The molecule has 1 aromatic heterocycles. The fourth-order valence-corrected chi connectivity index (χ4v) is 2.80. The van der Waals surface area contributed by atoms with Gasteiger partial charge in [-0.25, -0.2) is 9.78 Å². The number of carboxylic acid groups (broad SMARTS) is 1. The Morgan fingerprint density at radius 3 is 2.62 bits per heavy atom. The van der Waals surface area contributed by atoms with E-state index in [-0.39, 0.29) is 6.04 Å². The molecule has 0 spiro atoms. The topological polar surface area (TPSA) is 55.1 Å². The van der Waals surface area contributed by atoms with Crippen LogP contribution < -0.4 is 0 Å². The zero-order valence-corrected chi connectivity index (χ0v) is 13.3. The number of imidazole rings is 1. The van der Waals surface area contributed by atoms with Crippen molar-refractivity contribution >= 4 is 17.0 Å². The summed E-state index contributed by atoms with van der Waals surface area (Å²) >= 11 is 0. The number of fused-ring (bicyclic) bond motifs is 1. The summed E-state index contributed by atoms with van der Waals surface area (Å²) in [6.07, 6.45) is 2.93. The fraction of sp³-hybridized carbons (Fsp3) is 0.529. The molecule has 2 atom stereocenters. The summed E-state index contributed by atoms with van der Waals surface area (Å²) in [5, 5.41) is 9.48. The molecule has 0 bridgehead atoms. The number of carbonyl (C=O) groups is 1. The Morgan fingerprint density at radius 1 is 1.33 bits per heavy atom. The van der Waals surface area contributed by atoms with Gasteiger partial charge in [0.15, 0.2) is 0 Å². The zero-order chi connectivity index (χ0) is 15.6. The number of hydrogen-bond acceptors (Lipinski definition) is 2. The molecule has 0 saturated carbocycles. The number of nitrogens with zero attached hydrogens (tertiary/aromatic N) is 2. The molecule has 1 N–H and O–H groups in total. The zero-order valence-electron chi connectivity index (χ0n) is 13.3. The van der Waals surface area contributed by atoms with Gasteiger partial charge in [-0.2, -0.15) is 0 Å². The minimum atomic E-state index is -0.888. The van der Waals surface area contributed by atoms with E-state index in [1.165, 1.54) is 0 Å². The van der Waals surface area contributed by atoms with E-state index in [1.54, 1.807) is 12.1 Å². The lowest BCUT2D eigenvalue weighted by Gasteiger charge is -2.23. The Labute approximate surface area is 125 Å². The van der Waals surface area contributed by atoms with E-state index in [1.807, 2.05) is 6.07 Å². The summed E-state index contributed by atoms with van der Waals surface area (Å²) in [7, 11) is 0. The number of aromatic nitrogens is 2. The molecule has 21 heavy (non-hydrogen) atoms. The van der Waals surface area contributed by atoms with E-state index < -0.39 is 5.97 Å². The molecule has 0 aliphatic rings. The van der Waals surface area contributed by atoms with Crippen LogP contribution in [0.4, 0.5) is 0 Å².